The van der Waals surface area contributed by atoms with Crippen molar-refractivity contribution in [2.75, 3.05) is 13.2 Å². The van der Waals surface area contributed by atoms with Gasteiger partial charge in [-0.1, -0.05) is 0 Å². The van der Waals surface area contributed by atoms with Gasteiger partial charge in [0.1, 0.15) is 5.82 Å². The molecule has 0 spiro atoms. The summed E-state index contributed by atoms with van der Waals surface area (Å²) in [5, 5.41) is 2.87. The summed E-state index contributed by atoms with van der Waals surface area (Å²) in [6.45, 7) is 3.07. The molecule has 2 rings (SSSR count). The van der Waals surface area contributed by atoms with Crippen LogP contribution in [0.4, 0.5) is 4.39 Å². The molecule has 0 saturated carbocycles. The van der Waals surface area contributed by atoms with E-state index in [4.69, 9.17) is 4.74 Å². The van der Waals surface area contributed by atoms with Gasteiger partial charge in [0.2, 0.25) is 0 Å². The van der Waals surface area contributed by atoms with E-state index in [1.807, 2.05) is 6.92 Å². The fourth-order valence-electron chi connectivity index (χ4n) is 1.75. The zero-order chi connectivity index (χ0) is 12.5. The molecule has 1 aliphatic heterocycles. The molecule has 1 aliphatic rings. The molecule has 0 aromatic heterocycles. The van der Waals surface area contributed by atoms with Crippen molar-refractivity contribution in [1.82, 2.24) is 5.32 Å². The smallest absolute Gasteiger partial charge is 0.251 e. The summed E-state index contributed by atoms with van der Waals surface area (Å²) in [5.41, 5.74) is -0.0282. The highest BCUT2D eigenvalue weighted by Crippen LogP contribution is 2.20. The Hall–Kier alpha value is -0.940. The van der Waals surface area contributed by atoms with Gasteiger partial charge in [-0.05, 0) is 47.5 Å². The molecule has 5 heteroatoms. The van der Waals surface area contributed by atoms with Crippen LogP contribution >= 0.6 is 15.9 Å². The van der Waals surface area contributed by atoms with Gasteiger partial charge in [-0.3, -0.25) is 4.79 Å². The highest BCUT2D eigenvalue weighted by Gasteiger charge is 2.31. The molecule has 1 unspecified atom stereocenters. The fraction of sp³-hybridized carbons (Fsp3) is 0.417. The van der Waals surface area contributed by atoms with Crippen LogP contribution in [0.5, 0.6) is 0 Å². The first kappa shape index (κ1) is 12.5. The summed E-state index contributed by atoms with van der Waals surface area (Å²) in [6.07, 6.45) is 0.776. The summed E-state index contributed by atoms with van der Waals surface area (Å²) in [4.78, 5) is 11.9. The second-order valence-electron chi connectivity index (χ2n) is 4.45. The highest BCUT2D eigenvalue weighted by atomic mass is 79.9. The van der Waals surface area contributed by atoms with E-state index in [1.165, 1.54) is 12.1 Å². The van der Waals surface area contributed by atoms with Gasteiger partial charge >= 0.3 is 0 Å². The largest absolute Gasteiger partial charge is 0.379 e. The average molecular weight is 302 g/mol. The molecule has 17 heavy (non-hydrogen) atoms. The number of hydrogen-bond donors (Lipinski definition) is 1. The van der Waals surface area contributed by atoms with Gasteiger partial charge in [0, 0.05) is 12.2 Å². The van der Waals surface area contributed by atoms with Crippen LogP contribution in [0, 0.1) is 5.82 Å². The molecule has 1 N–H and O–H groups in total. The zero-order valence-corrected chi connectivity index (χ0v) is 11.0. The van der Waals surface area contributed by atoms with E-state index in [-0.39, 0.29) is 11.4 Å². The van der Waals surface area contributed by atoms with Gasteiger partial charge in [0.25, 0.3) is 5.91 Å². The van der Waals surface area contributed by atoms with Crippen molar-refractivity contribution in [2.45, 2.75) is 18.9 Å². The summed E-state index contributed by atoms with van der Waals surface area (Å²) < 4.78 is 18.9. The third-order valence-electron chi connectivity index (χ3n) is 2.82. The van der Waals surface area contributed by atoms with Crippen LogP contribution in [-0.4, -0.2) is 24.7 Å². The molecule has 1 aromatic carbocycles. The van der Waals surface area contributed by atoms with E-state index in [1.54, 1.807) is 6.07 Å². The number of benzene rings is 1. The molecule has 1 amide bonds. The Labute approximate surface area is 107 Å². The molecule has 1 heterocycles. The van der Waals surface area contributed by atoms with Gasteiger partial charge in [-0.25, -0.2) is 4.39 Å². The van der Waals surface area contributed by atoms with Crippen LogP contribution in [0.3, 0.4) is 0 Å². The lowest BCUT2D eigenvalue weighted by molar-refractivity contribution is 0.0889. The molecule has 1 saturated heterocycles. The number of carbonyl (C=O) groups is 1. The van der Waals surface area contributed by atoms with E-state index in [0.29, 0.717) is 23.2 Å². The lowest BCUT2D eigenvalue weighted by Crippen LogP contribution is -2.46. The first-order chi connectivity index (χ1) is 8.00. The third-order valence-corrected chi connectivity index (χ3v) is 3.46. The van der Waals surface area contributed by atoms with Crippen molar-refractivity contribution >= 4 is 21.8 Å². The van der Waals surface area contributed by atoms with Gasteiger partial charge in [0.15, 0.2) is 0 Å². The standard InChI is InChI=1S/C12H13BrFNO2/c1-12(4-5-17-7-12)15-11(16)8-2-3-9(13)10(14)6-8/h2-3,6H,4-5,7H2,1H3,(H,15,16). The van der Waals surface area contributed by atoms with E-state index in [0.717, 1.165) is 6.42 Å². The number of nitrogens with one attached hydrogen (secondary N) is 1. The van der Waals surface area contributed by atoms with Crippen molar-refractivity contribution in [3.63, 3.8) is 0 Å². The van der Waals surface area contributed by atoms with Crippen LogP contribution < -0.4 is 5.32 Å². The summed E-state index contributed by atoms with van der Waals surface area (Å²) in [7, 11) is 0. The van der Waals surface area contributed by atoms with Crippen LogP contribution in [-0.2, 0) is 4.74 Å². The maximum absolute atomic E-state index is 13.3. The minimum Gasteiger partial charge on any atom is -0.379 e. The minimum atomic E-state index is -0.439. The Bertz CT molecular complexity index is 444. The summed E-state index contributed by atoms with van der Waals surface area (Å²) in [6, 6.07) is 4.33. The maximum Gasteiger partial charge on any atom is 0.251 e. The van der Waals surface area contributed by atoms with Gasteiger partial charge in [0.05, 0.1) is 16.6 Å². The molecular formula is C12H13BrFNO2. The molecule has 0 radical (unpaired) electrons. The number of ether oxygens (including phenoxy) is 1. The summed E-state index contributed by atoms with van der Waals surface area (Å²) in [5.74, 6) is -0.713. The van der Waals surface area contributed by atoms with Crippen LogP contribution in [0.15, 0.2) is 22.7 Å². The number of hydrogen-bond acceptors (Lipinski definition) is 2. The first-order valence-corrected chi connectivity index (χ1v) is 6.15. The minimum absolute atomic E-state index is 0.274. The van der Waals surface area contributed by atoms with E-state index in [2.05, 4.69) is 21.2 Å². The number of amides is 1. The Balaban J connectivity index is 2.11. The molecule has 1 atom stereocenters. The number of carbonyl (C=O) groups excluding carboxylic acids is 1. The molecule has 0 bridgehead atoms. The predicted octanol–water partition coefficient (Wildman–Crippen LogP) is 2.50. The Kier molecular flexibility index (Phi) is 3.49. The molecule has 92 valence electrons. The Morgan fingerprint density at radius 1 is 1.59 bits per heavy atom. The monoisotopic (exact) mass is 301 g/mol. The summed E-state index contributed by atoms with van der Waals surface area (Å²) >= 11 is 3.05. The number of halogens is 2. The van der Waals surface area contributed by atoms with Gasteiger partial charge < -0.3 is 10.1 Å². The maximum atomic E-state index is 13.3. The Morgan fingerprint density at radius 3 is 2.94 bits per heavy atom. The van der Waals surface area contributed by atoms with Gasteiger partial charge in [-0.15, -0.1) is 0 Å². The second kappa shape index (κ2) is 4.74. The normalized spacial score (nSPS) is 23.7. The lowest BCUT2D eigenvalue weighted by atomic mass is 10.0. The fourth-order valence-corrected chi connectivity index (χ4v) is 2.00. The molecule has 1 aromatic rings. The molecule has 3 nitrogen and oxygen atoms in total. The third kappa shape index (κ3) is 2.84. The van der Waals surface area contributed by atoms with Crippen molar-refractivity contribution < 1.29 is 13.9 Å². The van der Waals surface area contributed by atoms with Crippen molar-refractivity contribution in [1.29, 1.82) is 0 Å². The van der Waals surface area contributed by atoms with Crippen molar-refractivity contribution in [3.05, 3.63) is 34.1 Å². The predicted molar refractivity (Wildman–Crippen MR) is 65.4 cm³/mol. The first-order valence-electron chi connectivity index (χ1n) is 5.35. The van der Waals surface area contributed by atoms with Crippen LogP contribution in [0.2, 0.25) is 0 Å². The van der Waals surface area contributed by atoms with Crippen LogP contribution in [0.25, 0.3) is 0 Å². The SMILES string of the molecule is CC1(NC(=O)c2ccc(Br)c(F)c2)CCOC1. The number of rotatable bonds is 2. The van der Waals surface area contributed by atoms with Gasteiger partial charge in [-0.2, -0.15) is 0 Å². The van der Waals surface area contributed by atoms with Crippen molar-refractivity contribution in [2.24, 2.45) is 0 Å². The topological polar surface area (TPSA) is 38.3 Å². The van der Waals surface area contributed by atoms with Crippen LogP contribution in [0.1, 0.15) is 23.7 Å². The quantitative estimate of drug-likeness (QED) is 0.911. The lowest BCUT2D eigenvalue weighted by Gasteiger charge is -2.23. The van der Waals surface area contributed by atoms with E-state index >= 15 is 0 Å². The van der Waals surface area contributed by atoms with E-state index < -0.39 is 5.82 Å². The van der Waals surface area contributed by atoms with E-state index in [9.17, 15) is 9.18 Å². The molecule has 0 aliphatic carbocycles. The molecule has 1 fully saturated rings. The average Bonchev–Trinajstić information content (AvgIpc) is 2.69. The highest BCUT2D eigenvalue weighted by molar-refractivity contribution is 9.10. The second-order valence-corrected chi connectivity index (χ2v) is 5.30. The van der Waals surface area contributed by atoms with Crippen molar-refractivity contribution in [3.8, 4) is 0 Å². The Morgan fingerprint density at radius 2 is 2.35 bits per heavy atom. The molecular weight excluding hydrogens is 289 g/mol. The zero-order valence-electron chi connectivity index (χ0n) is 9.43.